The molecule has 104 valence electrons. The highest BCUT2D eigenvalue weighted by Crippen LogP contribution is 2.14. The number of carbonyl (C=O) groups excluding carboxylic acids is 1. The lowest BCUT2D eigenvalue weighted by Crippen LogP contribution is -2.16. The number of tetrazole rings is 1. The van der Waals surface area contributed by atoms with Crippen LogP contribution in [0.25, 0.3) is 5.69 Å². The van der Waals surface area contributed by atoms with Crippen molar-refractivity contribution in [1.29, 1.82) is 0 Å². The molecule has 1 heterocycles. The SMILES string of the molecule is O=C(Nc1ccc(-n2cnnn2)cc1)Oc1ccccc1. The summed E-state index contributed by atoms with van der Waals surface area (Å²) in [6.45, 7) is 0. The van der Waals surface area contributed by atoms with E-state index in [4.69, 9.17) is 4.74 Å². The van der Waals surface area contributed by atoms with Crippen molar-refractivity contribution in [3.63, 3.8) is 0 Å². The number of aromatic nitrogens is 4. The summed E-state index contributed by atoms with van der Waals surface area (Å²) in [5.74, 6) is 0.486. The summed E-state index contributed by atoms with van der Waals surface area (Å²) in [6, 6.07) is 15.9. The number of benzene rings is 2. The number of nitrogens with zero attached hydrogens (tertiary/aromatic N) is 4. The van der Waals surface area contributed by atoms with Crippen LogP contribution in [0.3, 0.4) is 0 Å². The van der Waals surface area contributed by atoms with Crippen molar-refractivity contribution in [2.24, 2.45) is 0 Å². The second kappa shape index (κ2) is 5.83. The number of carbonyl (C=O) groups is 1. The first-order valence-corrected chi connectivity index (χ1v) is 6.18. The number of nitrogens with one attached hydrogen (secondary N) is 1. The standard InChI is InChI=1S/C14H11N5O2/c20-14(21-13-4-2-1-3-5-13)16-11-6-8-12(9-7-11)19-10-15-17-18-19/h1-10H,(H,16,20). The van der Waals surface area contributed by atoms with E-state index >= 15 is 0 Å². The van der Waals surface area contributed by atoms with E-state index in [2.05, 4.69) is 20.8 Å². The topological polar surface area (TPSA) is 81.9 Å². The molecule has 21 heavy (non-hydrogen) atoms. The second-order valence-corrected chi connectivity index (χ2v) is 4.13. The van der Waals surface area contributed by atoms with E-state index in [0.29, 0.717) is 11.4 Å². The van der Waals surface area contributed by atoms with E-state index in [9.17, 15) is 4.79 Å². The van der Waals surface area contributed by atoms with Gasteiger partial charge in [-0.05, 0) is 46.8 Å². The van der Waals surface area contributed by atoms with E-state index in [1.165, 1.54) is 11.0 Å². The van der Waals surface area contributed by atoms with Crippen LogP contribution >= 0.6 is 0 Å². The van der Waals surface area contributed by atoms with Gasteiger partial charge < -0.3 is 4.74 Å². The zero-order chi connectivity index (χ0) is 14.5. The Morgan fingerprint density at radius 1 is 1.05 bits per heavy atom. The Hall–Kier alpha value is -3.22. The van der Waals surface area contributed by atoms with Crippen LogP contribution in [-0.2, 0) is 0 Å². The zero-order valence-corrected chi connectivity index (χ0v) is 10.9. The monoisotopic (exact) mass is 281 g/mol. The molecule has 1 N–H and O–H groups in total. The number of anilines is 1. The van der Waals surface area contributed by atoms with Gasteiger partial charge in [0.2, 0.25) is 0 Å². The number of ether oxygens (including phenoxy) is 1. The molecule has 1 aromatic heterocycles. The van der Waals surface area contributed by atoms with Gasteiger partial charge in [-0.2, -0.15) is 0 Å². The molecule has 3 rings (SSSR count). The van der Waals surface area contributed by atoms with Gasteiger partial charge in [-0.25, -0.2) is 9.48 Å². The van der Waals surface area contributed by atoms with Crippen molar-refractivity contribution in [1.82, 2.24) is 20.2 Å². The molecule has 0 fully saturated rings. The molecule has 0 aliphatic carbocycles. The summed E-state index contributed by atoms with van der Waals surface area (Å²) >= 11 is 0. The lowest BCUT2D eigenvalue weighted by atomic mass is 10.3. The number of hydrogen-bond acceptors (Lipinski definition) is 5. The number of para-hydroxylation sites is 1. The van der Waals surface area contributed by atoms with Gasteiger partial charge in [0.1, 0.15) is 12.1 Å². The molecule has 0 saturated carbocycles. The number of hydrogen-bond donors (Lipinski definition) is 1. The van der Waals surface area contributed by atoms with Crippen LogP contribution in [0, 0.1) is 0 Å². The van der Waals surface area contributed by atoms with Crippen molar-refractivity contribution >= 4 is 11.8 Å². The molecular weight excluding hydrogens is 270 g/mol. The van der Waals surface area contributed by atoms with Gasteiger partial charge in [-0.3, -0.25) is 5.32 Å². The third-order valence-corrected chi connectivity index (χ3v) is 2.68. The lowest BCUT2D eigenvalue weighted by Gasteiger charge is -2.07. The fourth-order valence-corrected chi connectivity index (χ4v) is 1.72. The minimum Gasteiger partial charge on any atom is -0.410 e. The molecule has 2 aromatic carbocycles. The molecule has 0 atom stereocenters. The predicted octanol–water partition coefficient (Wildman–Crippen LogP) is 2.27. The highest BCUT2D eigenvalue weighted by atomic mass is 16.6. The number of rotatable bonds is 3. The van der Waals surface area contributed by atoms with E-state index < -0.39 is 6.09 Å². The summed E-state index contributed by atoms with van der Waals surface area (Å²) in [5, 5.41) is 13.5. The maximum Gasteiger partial charge on any atom is 0.417 e. The molecule has 1 amide bonds. The molecule has 7 nitrogen and oxygen atoms in total. The molecule has 0 unspecified atom stereocenters. The van der Waals surface area contributed by atoms with Crippen LogP contribution in [0.15, 0.2) is 60.9 Å². The molecule has 0 spiro atoms. The first-order chi connectivity index (χ1) is 10.3. The van der Waals surface area contributed by atoms with Gasteiger partial charge >= 0.3 is 6.09 Å². The van der Waals surface area contributed by atoms with Crippen molar-refractivity contribution in [3.8, 4) is 11.4 Å². The highest BCUT2D eigenvalue weighted by molar-refractivity contribution is 5.86. The van der Waals surface area contributed by atoms with Gasteiger partial charge in [-0.1, -0.05) is 18.2 Å². The molecular formula is C14H11N5O2. The van der Waals surface area contributed by atoms with Crippen LogP contribution < -0.4 is 10.1 Å². The predicted molar refractivity (Wildman–Crippen MR) is 75.2 cm³/mol. The van der Waals surface area contributed by atoms with Crippen molar-refractivity contribution in [2.75, 3.05) is 5.32 Å². The van der Waals surface area contributed by atoms with Crippen LogP contribution in [0.1, 0.15) is 0 Å². The third kappa shape index (κ3) is 3.21. The largest absolute Gasteiger partial charge is 0.417 e. The average Bonchev–Trinajstić information content (AvgIpc) is 3.03. The van der Waals surface area contributed by atoms with Crippen LogP contribution in [0.2, 0.25) is 0 Å². The van der Waals surface area contributed by atoms with Crippen LogP contribution in [0.4, 0.5) is 10.5 Å². The van der Waals surface area contributed by atoms with E-state index in [1.54, 1.807) is 48.5 Å². The Morgan fingerprint density at radius 3 is 2.48 bits per heavy atom. The molecule has 0 aliphatic heterocycles. The van der Waals surface area contributed by atoms with Crippen LogP contribution in [-0.4, -0.2) is 26.3 Å². The summed E-state index contributed by atoms with van der Waals surface area (Å²) in [7, 11) is 0. The minimum absolute atomic E-state index is 0.486. The van der Waals surface area contributed by atoms with Crippen molar-refractivity contribution in [2.45, 2.75) is 0 Å². The molecule has 0 aliphatic rings. The summed E-state index contributed by atoms with van der Waals surface area (Å²) in [5.41, 5.74) is 1.41. The Kier molecular flexibility index (Phi) is 3.55. The highest BCUT2D eigenvalue weighted by Gasteiger charge is 2.05. The quantitative estimate of drug-likeness (QED) is 0.796. The number of amides is 1. The Bertz CT molecular complexity index is 711. The molecule has 3 aromatic rings. The Balaban J connectivity index is 1.64. The van der Waals surface area contributed by atoms with Crippen molar-refractivity contribution < 1.29 is 9.53 Å². The minimum atomic E-state index is -0.545. The van der Waals surface area contributed by atoms with E-state index in [-0.39, 0.29) is 0 Å². The lowest BCUT2D eigenvalue weighted by molar-refractivity contribution is 0.215. The molecule has 7 heteroatoms. The average molecular weight is 281 g/mol. The Labute approximate surface area is 120 Å². The summed E-state index contributed by atoms with van der Waals surface area (Å²) in [4.78, 5) is 11.7. The van der Waals surface area contributed by atoms with Gasteiger partial charge in [0.05, 0.1) is 5.69 Å². The Morgan fingerprint density at radius 2 is 1.81 bits per heavy atom. The smallest absolute Gasteiger partial charge is 0.410 e. The first kappa shape index (κ1) is 12.8. The van der Waals surface area contributed by atoms with Crippen molar-refractivity contribution in [3.05, 3.63) is 60.9 Å². The van der Waals surface area contributed by atoms with E-state index in [0.717, 1.165) is 5.69 Å². The van der Waals surface area contributed by atoms with Crippen LogP contribution in [0.5, 0.6) is 5.75 Å². The zero-order valence-electron chi connectivity index (χ0n) is 10.9. The van der Waals surface area contributed by atoms with Gasteiger partial charge in [0.25, 0.3) is 0 Å². The summed E-state index contributed by atoms with van der Waals surface area (Å²) in [6.07, 6.45) is 0.947. The van der Waals surface area contributed by atoms with E-state index in [1.807, 2.05) is 6.07 Å². The maximum absolute atomic E-state index is 11.7. The molecule has 0 bridgehead atoms. The first-order valence-electron chi connectivity index (χ1n) is 6.18. The van der Waals surface area contributed by atoms with Gasteiger partial charge in [0.15, 0.2) is 0 Å². The maximum atomic E-state index is 11.7. The fraction of sp³-hybridized carbons (Fsp3) is 0. The molecule has 0 saturated heterocycles. The summed E-state index contributed by atoms with van der Waals surface area (Å²) < 4.78 is 6.65. The second-order valence-electron chi connectivity index (χ2n) is 4.13. The molecule has 0 radical (unpaired) electrons. The van der Waals surface area contributed by atoms with Gasteiger partial charge in [0, 0.05) is 5.69 Å². The third-order valence-electron chi connectivity index (χ3n) is 2.68. The van der Waals surface area contributed by atoms with Gasteiger partial charge in [-0.15, -0.1) is 5.10 Å². The normalized spacial score (nSPS) is 10.1. The fourth-order valence-electron chi connectivity index (χ4n) is 1.72.